The minimum atomic E-state index is -0.451. The Balaban J connectivity index is 2.50. The second-order valence-corrected chi connectivity index (χ2v) is 4.57. The van der Waals surface area contributed by atoms with E-state index >= 15 is 0 Å². The number of nitrogens with one attached hydrogen (secondary N) is 1. The Morgan fingerprint density at radius 1 is 1.67 bits per heavy atom. The van der Waals surface area contributed by atoms with Crippen molar-refractivity contribution in [3.63, 3.8) is 0 Å². The van der Waals surface area contributed by atoms with Gasteiger partial charge in [0.1, 0.15) is 11.6 Å². The van der Waals surface area contributed by atoms with E-state index in [-0.39, 0.29) is 27.5 Å². The highest BCUT2D eigenvalue weighted by molar-refractivity contribution is 9.10. The summed E-state index contributed by atoms with van der Waals surface area (Å²) in [6.07, 6.45) is 2.26. The van der Waals surface area contributed by atoms with Gasteiger partial charge in [-0.1, -0.05) is 6.92 Å². The van der Waals surface area contributed by atoms with E-state index in [9.17, 15) is 9.18 Å². The van der Waals surface area contributed by atoms with Crippen LogP contribution in [0.5, 0.6) is 0 Å². The third-order valence-corrected chi connectivity index (χ3v) is 3.21. The van der Waals surface area contributed by atoms with Crippen molar-refractivity contribution in [1.82, 2.24) is 14.7 Å². The third-order valence-electron chi connectivity index (χ3n) is 2.47. The van der Waals surface area contributed by atoms with Crippen LogP contribution in [0.1, 0.15) is 23.8 Å². The normalized spacial score (nSPS) is 10.8. The van der Waals surface area contributed by atoms with Gasteiger partial charge in [-0.05, 0) is 28.4 Å². The molecule has 2 aromatic heterocycles. The number of amides is 1. The number of halogens is 2. The van der Waals surface area contributed by atoms with E-state index in [1.807, 2.05) is 6.92 Å². The lowest BCUT2D eigenvalue weighted by Gasteiger charge is -2.01. The number of rotatable bonds is 3. The van der Waals surface area contributed by atoms with Gasteiger partial charge in [0.25, 0.3) is 5.91 Å². The molecule has 0 spiro atoms. The number of carbonyl (C=O) groups is 1. The highest BCUT2D eigenvalue weighted by Crippen LogP contribution is 2.24. The minimum Gasteiger partial charge on any atom is -0.383 e. The quantitative estimate of drug-likeness (QED) is 0.909. The summed E-state index contributed by atoms with van der Waals surface area (Å²) in [6.45, 7) is 2.49. The van der Waals surface area contributed by atoms with Crippen molar-refractivity contribution < 1.29 is 9.18 Å². The lowest BCUT2D eigenvalue weighted by atomic mass is 10.4. The van der Waals surface area contributed by atoms with E-state index in [1.165, 1.54) is 16.7 Å². The molecule has 1 amide bonds. The van der Waals surface area contributed by atoms with Gasteiger partial charge in [-0.3, -0.25) is 9.20 Å². The molecule has 18 heavy (non-hydrogen) atoms. The first-order chi connectivity index (χ1) is 8.56. The van der Waals surface area contributed by atoms with Crippen molar-refractivity contribution in [2.24, 2.45) is 0 Å². The van der Waals surface area contributed by atoms with Crippen LogP contribution in [0.25, 0.3) is 5.65 Å². The third kappa shape index (κ3) is 2.05. The van der Waals surface area contributed by atoms with E-state index in [4.69, 9.17) is 5.73 Å². The minimum absolute atomic E-state index is 0.106. The van der Waals surface area contributed by atoms with E-state index in [2.05, 4.69) is 26.2 Å². The van der Waals surface area contributed by atoms with Gasteiger partial charge in [0.15, 0.2) is 11.3 Å². The van der Waals surface area contributed by atoms with Gasteiger partial charge in [-0.15, -0.1) is 0 Å². The lowest BCUT2D eigenvalue weighted by molar-refractivity contribution is 0.0950. The molecule has 0 aliphatic rings. The maximum atomic E-state index is 13.4. The van der Waals surface area contributed by atoms with Crippen LogP contribution >= 0.6 is 15.9 Å². The number of imidazole rings is 1. The first kappa shape index (κ1) is 12.8. The van der Waals surface area contributed by atoms with Gasteiger partial charge in [-0.2, -0.15) is 0 Å². The van der Waals surface area contributed by atoms with Crippen LogP contribution in [0, 0.1) is 5.82 Å². The maximum absolute atomic E-state index is 13.4. The summed E-state index contributed by atoms with van der Waals surface area (Å²) < 4.78 is 15.0. The molecule has 0 fully saturated rings. The molecule has 0 aliphatic heterocycles. The number of pyridine rings is 1. The summed E-state index contributed by atoms with van der Waals surface area (Å²) in [5.74, 6) is -0.613. The second kappa shape index (κ2) is 4.93. The number of hydrogen-bond donors (Lipinski definition) is 2. The summed E-state index contributed by atoms with van der Waals surface area (Å²) in [6, 6.07) is 1.25. The Morgan fingerprint density at radius 3 is 3.06 bits per heavy atom. The maximum Gasteiger partial charge on any atom is 0.273 e. The van der Waals surface area contributed by atoms with Crippen LogP contribution in [0.3, 0.4) is 0 Å². The van der Waals surface area contributed by atoms with Gasteiger partial charge in [0, 0.05) is 12.7 Å². The largest absolute Gasteiger partial charge is 0.383 e. The molecular formula is C11H12BrFN4O. The van der Waals surface area contributed by atoms with E-state index in [1.54, 1.807) is 0 Å². The van der Waals surface area contributed by atoms with Crippen LogP contribution in [-0.4, -0.2) is 21.8 Å². The topological polar surface area (TPSA) is 72.4 Å². The molecular weight excluding hydrogens is 303 g/mol. The molecule has 0 aliphatic carbocycles. The standard InChI is InChI=1S/C11H12BrFN4O/c1-2-4-15-11(18)8-9(14)17-5-3-6(13)7(12)10(17)16-8/h3,5H,2,4,14H2,1H3,(H,15,18). The van der Waals surface area contributed by atoms with Crippen molar-refractivity contribution in [2.45, 2.75) is 13.3 Å². The molecule has 3 N–H and O–H groups in total. The monoisotopic (exact) mass is 314 g/mol. The van der Waals surface area contributed by atoms with Crippen LogP contribution < -0.4 is 11.1 Å². The highest BCUT2D eigenvalue weighted by atomic mass is 79.9. The number of fused-ring (bicyclic) bond motifs is 1. The van der Waals surface area contributed by atoms with Crippen molar-refractivity contribution in [2.75, 3.05) is 12.3 Å². The molecule has 0 radical (unpaired) electrons. The molecule has 0 aromatic carbocycles. The summed E-state index contributed by atoms with van der Waals surface area (Å²) in [5.41, 5.74) is 6.22. The van der Waals surface area contributed by atoms with Gasteiger partial charge >= 0.3 is 0 Å². The summed E-state index contributed by atoms with van der Waals surface area (Å²) in [5, 5.41) is 2.68. The average molecular weight is 315 g/mol. The highest BCUT2D eigenvalue weighted by Gasteiger charge is 2.18. The van der Waals surface area contributed by atoms with Crippen molar-refractivity contribution in [1.29, 1.82) is 0 Å². The first-order valence-corrected chi connectivity index (χ1v) is 6.25. The van der Waals surface area contributed by atoms with Gasteiger partial charge < -0.3 is 11.1 Å². The Morgan fingerprint density at radius 2 is 2.39 bits per heavy atom. The number of carbonyl (C=O) groups excluding carboxylic acids is 1. The van der Waals surface area contributed by atoms with Crippen molar-refractivity contribution in [3.8, 4) is 0 Å². The first-order valence-electron chi connectivity index (χ1n) is 5.46. The Bertz CT molecular complexity index is 611. The molecule has 96 valence electrons. The van der Waals surface area contributed by atoms with Crippen LogP contribution in [0.15, 0.2) is 16.7 Å². The molecule has 2 aromatic rings. The zero-order valence-electron chi connectivity index (χ0n) is 9.70. The molecule has 7 heteroatoms. The number of nitrogen functional groups attached to an aromatic ring is 1. The molecule has 5 nitrogen and oxygen atoms in total. The molecule has 2 heterocycles. The summed E-state index contributed by atoms with van der Waals surface area (Å²) >= 11 is 3.08. The number of aromatic nitrogens is 2. The van der Waals surface area contributed by atoms with E-state index < -0.39 is 5.82 Å². The molecule has 0 bridgehead atoms. The lowest BCUT2D eigenvalue weighted by Crippen LogP contribution is -2.25. The summed E-state index contributed by atoms with van der Waals surface area (Å²) in [4.78, 5) is 15.9. The number of nitrogens with two attached hydrogens (primary N) is 1. The molecule has 0 atom stereocenters. The van der Waals surface area contributed by atoms with Crippen LogP contribution in [-0.2, 0) is 0 Å². The fourth-order valence-electron chi connectivity index (χ4n) is 1.56. The molecule has 0 unspecified atom stereocenters. The smallest absolute Gasteiger partial charge is 0.273 e. The Kier molecular flexibility index (Phi) is 3.51. The van der Waals surface area contributed by atoms with Crippen molar-refractivity contribution in [3.05, 3.63) is 28.2 Å². The van der Waals surface area contributed by atoms with E-state index in [0.29, 0.717) is 6.54 Å². The predicted molar refractivity (Wildman–Crippen MR) is 69.9 cm³/mol. The fourth-order valence-corrected chi connectivity index (χ4v) is 1.97. The SMILES string of the molecule is CCCNC(=O)c1nc2c(Br)c(F)ccn2c1N. The number of anilines is 1. The second-order valence-electron chi connectivity index (χ2n) is 3.77. The number of nitrogens with zero attached hydrogens (tertiary/aromatic N) is 2. The van der Waals surface area contributed by atoms with E-state index in [0.717, 1.165) is 6.42 Å². The zero-order chi connectivity index (χ0) is 13.3. The molecule has 0 saturated carbocycles. The Labute approximate surface area is 111 Å². The Hall–Kier alpha value is -1.63. The van der Waals surface area contributed by atoms with Crippen LogP contribution in [0.2, 0.25) is 0 Å². The van der Waals surface area contributed by atoms with Gasteiger partial charge in [0.2, 0.25) is 0 Å². The van der Waals surface area contributed by atoms with Crippen LogP contribution in [0.4, 0.5) is 10.2 Å². The predicted octanol–water partition coefficient (Wildman–Crippen LogP) is 1.96. The molecule has 0 saturated heterocycles. The fraction of sp³-hybridized carbons (Fsp3) is 0.273. The van der Waals surface area contributed by atoms with Gasteiger partial charge in [-0.25, -0.2) is 9.37 Å². The van der Waals surface area contributed by atoms with Gasteiger partial charge in [0.05, 0.1) is 4.47 Å². The molecule has 2 rings (SSSR count). The van der Waals surface area contributed by atoms with Crippen molar-refractivity contribution >= 4 is 33.3 Å². The zero-order valence-corrected chi connectivity index (χ0v) is 11.3. The summed E-state index contributed by atoms with van der Waals surface area (Å²) in [7, 11) is 0. The average Bonchev–Trinajstić information content (AvgIpc) is 2.69. The number of hydrogen-bond acceptors (Lipinski definition) is 3.